The molecule has 2 aliphatic carbocycles. The van der Waals surface area contributed by atoms with E-state index in [-0.39, 0.29) is 5.92 Å². The summed E-state index contributed by atoms with van der Waals surface area (Å²) in [6, 6.07) is 0. The highest BCUT2D eigenvalue weighted by molar-refractivity contribution is 5.85. The monoisotopic (exact) mass is 255 g/mol. The summed E-state index contributed by atoms with van der Waals surface area (Å²) in [5.74, 6) is -0.450. The quantitative estimate of drug-likeness (QED) is 0.792. The molecule has 2 fully saturated rings. The standard InChI is InChI=1S/C13H21NO4/c1-12(2,3)18-11(17)14-13(10(15)16)7-8-4-5-9(13)6-8/h8-9H,4-7H2,1-3H3,(H,14,17)(H,15,16)/t8-,9-,13+/m0/s1. The molecule has 0 aromatic rings. The van der Waals surface area contributed by atoms with Crippen molar-refractivity contribution in [2.24, 2.45) is 11.8 Å². The molecule has 3 atom stereocenters. The Hall–Kier alpha value is -1.26. The highest BCUT2D eigenvalue weighted by Crippen LogP contribution is 2.50. The van der Waals surface area contributed by atoms with E-state index in [9.17, 15) is 14.7 Å². The molecule has 5 heteroatoms. The molecule has 0 aromatic heterocycles. The molecule has 0 aliphatic heterocycles. The molecule has 1 amide bonds. The van der Waals surface area contributed by atoms with Crippen molar-refractivity contribution in [1.82, 2.24) is 5.32 Å². The number of rotatable bonds is 2. The molecule has 0 saturated heterocycles. The van der Waals surface area contributed by atoms with Crippen LogP contribution in [0.1, 0.15) is 46.5 Å². The zero-order chi connectivity index (χ0) is 13.6. The number of carbonyl (C=O) groups is 2. The van der Waals surface area contributed by atoms with Crippen LogP contribution < -0.4 is 5.32 Å². The number of alkyl carbamates (subject to hydrolysis) is 1. The van der Waals surface area contributed by atoms with Crippen LogP contribution in [0.3, 0.4) is 0 Å². The van der Waals surface area contributed by atoms with Crippen LogP contribution in [-0.4, -0.2) is 28.3 Å². The van der Waals surface area contributed by atoms with Crippen molar-refractivity contribution in [2.75, 3.05) is 0 Å². The number of nitrogens with one attached hydrogen (secondary N) is 1. The maximum absolute atomic E-state index is 11.8. The molecule has 0 heterocycles. The normalized spacial score (nSPS) is 34.4. The fourth-order valence-electron chi connectivity index (χ4n) is 3.28. The molecule has 0 spiro atoms. The number of ether oxygens (including phenoxy) is 1. The lowest BCUT2D eigenvalue weighted by atomic mass is 9.81. The van der Waals surface area contributed by atoms with E-state index >= 15 is 0 Å². The molecule has 2 N–H and O–H groups in total. The molecular formula is C13H21NO4. The maximum Gasteiger partial charge on any atom is 0.408 e. The van der Waals surface area contributed by atoms with Crippen LogP contribution in [0.2, 0.25) is 0 Å². The van der Waals surface area contributed by atoms with E-state index in [1.165, 1.54) is 0 Å². The number of hydrogen-bond donors (Lipinski definition) is 2. The van der Waals surface area contributed by atoms with Gasteiger partial charge in [-0.15, -0.1) is 0 Å². The highest BCUT2D eigenvalue weighted by atomic mass is 16.6. The van der Waals surface area contributed by atoms with Gasteiger partial charge in [0.2, 0.25) is 0 Å². The van der Waals surface area contributed by atoms with Crippen LogP contribution in [0.25, 0.3) is 0 Å². The van der Waals surface area contributed by atoms with Gasteiger partial charge in [0, 0.05) is 0 Å². The summed E-state index contributed by atoms with van der Waals surface area (Å²) in [5.41, 5.74) is -1.72. The van der Waals surface area contributed by atoms with E-state index in [1.54, 1.807) is 20.8 Å². The zero-order valence-corrected chi connectivity index (χ0v) is 11.2. The number of carboxylic acid groups (broad SMARTS) is 1. The van der Waals surface area contributed by atoms with Gasteiger partial charge in [-0.2, -0.15) is 0 Å². The van der Waals surface area contributed by atoms with Crippen LogP contribution in [0.5, 0.6) is 0 Å². The summed E-state index contributed by atoms with van der Waals surface area (Å²) in [6.45, 7) is 5.29. The van der Waals surface area contributed by atoms with E-state index < -0.39 is 23.2 Å². The number of aliphatic carboxylic acids is 1. The van der Waals surface area contributed by atoms with Crippen molar-refractivity contribution >= 4 is 12.1 Å². The van der Waals surface area contributed by atoms with Crippen LogP contribution in [0, 0.1) is 11.8 Å². The minimum absolute atomic E-state index is 0.0486. The Kier molecular flexibility index (Phi) is 3.03. The van der Waals surface area contributed by atoms with Gasteiger partial charge >= 0.3 is 12.1 Å². The lowest BCUT2D eigenvalue weighted by Crippen LogP contribution is -2.58. The van der Waals surface area contributed by atoms with Gasteiger partial charge in [0.25, 0.3) is 0 Å². The predicted octanol–water partition coefficient (Wildman–Crippen LogP) is 2.15. The van der Waals surface area contributed by atoms with E-state index in [1.807, 2.05) is 0 Å². The Bertz CT molecular complexity index is 374. The smallest absolute Gasteiger partial charge is 0.408 e. The summed E-state index contributed by atoms with van der Waals surface area (Å²) < 4.78 is 5.17. The van der Waals surface area contributed by atoms with E-state index in [2.05, 4.69) is 5.32 Å². The molecule has 5 nitrogen and oxygen atoms in total. The van der Waals surface area contributed by atoms with Crippen molar-refractivity contribution in [2.45, 2.75) is 57.6 Å². The summed E-state index contributed by atoms with van der Waals surface area (Å²) >= 11 is 0. The van der Waals surface area contributed by atoms with Crippen LogP contribution >= 0.6 is 0 Å². The van der Waals surface area contributed by atoms with Gasteiger partial charge in [-0.05, 0) is 58.3 Å². The topological polar surface area (TPSA) is 75.6 Å². The van der Waals surface area contributed by atoms with Crippen molar-refractivity contribution in [3.8, 4) is 0 Å². The molecule has 2 bridgehead atoms. The Balaban J connectivity index is 2.09. The fourth-order valence-corrected chi connectivity index (χ4v) is 3.28. The first kappa shape index (κ1) is 13.2. The van der Waals surface area contributed by atoms with Crippen LogP contribution in [-0.2, 0) is 9.53 Å². The number of fused-ring (bicyclic) bond motifs is 2. The molecular weight excluding hydrogens is 234 g/mol. The first-order valence-electron chi connectivity index (χ1n) is 6.47. The third-order valence-electron chi connectivity index (χ3n) is 3.95. The molecule has 2 aliphatic rings. The molecule has 18 heavy (non-hydrogen) atoms. The minimum atomic E-state index is -1.11. The first-order valence-corrected chi connectivity index (χ1v) is 6.47. The fraction of sp³-hybridized carbons (Fsp3) is 0.846. The van der Waals surface area contributed by atoms with E-state index in [4.69, 9.17) is 4.74 Å². The van der Waals surface area contributed by atoms with Gasteiger partial charge in [-0.1, -0.05) is 0 Å². The number of carbonyl (C=O) groups excluding carboxylic acids is 1. The largest absolute Gasteiger partial charge is 0.479 e. The SMILES string of the molecule is CC(C)(C)OC(=O)N[C@]1(C(=O)O)C[C@H]2CC[C@H]1C2. The van der Waals surface area contributed by atoms with Crippen LogP contribution in [0.4, 0.5) is 4.79 Å². The molecule has 2 rings (SSSR count). The van der Waals surface area contributed by atoms with Gasteiger partial charge in [-0.3, -0.25) is 0 Å². The Morgan fingerprint density at radius 1 is 1.33 bits per heavy atom. The van der Waals surface area contributed by atoms with Crippen molar-refractivity contribution in [3.05, 3.63) is 0 Å². The summed E-state index contributed by atoms with van der Waals surface area (Å²) in [4.78, 5) is 23.3. The lowest BCUT2D eigenvalue weighted by Gasteiger charge is -2.35. The average Bonchev–Trinajstić information content (AvgIpc) is 2.73. The second kappa shape index (κ2) is 4.14. The predicted molar refractivity (Wildman–Crippen MR) is 65.2 cm³/mol. The summed E-state index contributed by atoms with van der Waals surface area (Å²) in [5, 5.41) is 12.1. The van der Waals surface area contributed by atoms with Crippen molar-refractivity contribution in [3.63, 3.8) is 0 Å². The second-order valence-corrected chi connectivity index (χ2v) is 6.48. The van der Waals surface area contributed by atoms with Gasteiger partial charge < -0.3 is 15.2 Å². The van der Waals surface area contributed by atoms with Gasteiger partial charge in [0.05, 0.1) is 0 Å². The van der Waals surface area contributed by atoms with Crippen LogP contribution in [0.15, 0.2) is 0 Å². The summed E-state index contributed by atoms with van der Waals surface area (Å²) in [7, 11) is 0. The van der Waals surface area contributed by atoms with Crippen molar-refractivity contribution in [1.29, 1.82) is 0 Å². The zero-order valence-electron chi connectivity index (χ0n) is 11.2. The Morgan fingerprint density at radius 2 is 2.00 bits per heavy atom. The van der Waals surface area contributed by atoms with Gasteiger partial charge in [-0.25, -0.2) is 9.59 Å². The Morgan fingerprint density at radius 3 is 2.39 bits per heavy atom. The Labute approximate surface area is 107 Å². The van der Waals surface area contributed by atoms with E-state index in [0.29, 0.717) is 12.3 Å². The van der Waals surface area contributed by atoms with E-state index in [0.717, 1.165) is 19.3 Å². The summed E-state index contributed by atoms with van der Waals surface area (Å²) in [6.07, 6.45) is 2.77. The molecule has 0 unspecified atom stereocenters. The highest BCUT2D eigenvalue weighted by Gasteiger charge is 2.57. The maximum atomic E-state index is 11.8. The molecule has 0 radical (unpaired) electrons. The third-order valence-corrected chi connectivity index (χ3v) is 3.95. The molecule has 0 aromatic carbocycles. The third kappa shape index (κ3) is 2.31. The molecule has 2 saturated carbocycles. The number of amides is 1. The average molecular weight is 255 g/mol. The lowest BCUT2D eigenvalue weighted by molar-refractivity contribution is -0.147. The number of carboxylic acids is 1. The van der Waals surface area contributed by atoms with Gasteiger partial charge in [0.1, 0.15) is 11.1 Å². The van der Waals surface area contributed by atoms with Gasteiger partial charge in [0.15, 0.2) is 0 Å². The first-order chi connectivity index (χ1) is 8.23. The number of hydrogen-bond acceptors (Lipinski definition) is 3. The second-order valence-electron chi connectivity index (χ2n) is 6.48. The van der Waals surface area contributed by atoms with Crippen molar-refractivity contribution < 1.29 is 19.4 Å². The minimum Gasteiger partial charge on any atom is -0.479 e. The molecule has 102 valence electrons.